The van der Waals surface area contributed by atoms with Gasteiger partial charge in [-0.05, 0) is 24.4 Å². The Hall–Kier alpha value is -0.246. The zero-order valence-electron chi connectivity index (χ0n) is 7.29. The molecule has 0 saturated heterocycles. The van der Waals surface area contributed by atoms with Gasteiger partial charge in [0.15, 0.2) is 0 Å². The van der Waals surface area contributed by atoms with Gasteiger partial charge in [-0.2, -0.15) is 0 Å². The molecule has 0 radical (unpaired) electrons. The van der Waals surface area contributed by atoms with Crippen molar-refractivity contribution >= 4 is 29.2 Å². The van der Waals surface area contributed by atoms with E-state index in [-0.39, 0.29) is 20.9 Å². The first kappa shape index (κ1) is 13.8. The van der Waals surface area contributed by atoms with Crippen LogP contribution in [0.15, 0.2) is 30.3 Å². The zero-order valence-corrected chi connectivity index (χ0v) is 9.99. The molecule has 1 aromatic carbocycles. The quantitative estimate of drug-likeness (QED) is 0.393. The van der Waals surface area contributed by atoms with E-state index in [0.717, 1.165) is 5.75 Å². The van der Waals surface area contributed by atoms with E-state index in [4.69, 9.17) is 9.47 Å². The molecule has 0 aromatic heterocycles. The van der Waals surface area contributed by atoms with Crippen molar-refractivity contribution in [3.63, 3.8) is 0 Å². The van der Waals surface area contributed by atoms with Crippen LogP contribution in [0.3, 0.4) is 0 Å². The van der Waals surface area contributed by atoms with Crippen molar-refractivity contribution in [3.05, 3.63) is 30.3 Å². The Kier molecular flexibility index (Phi) is 7.95. The fourth-order valence-corrected chi connectivity index (χ4v) is 0.980. The van der Waals surface area contributed by atoms with Gasteiger partial charge in [0.2, 0.25) is 4.38 Å². The van der Waals surface area contributed by atoms with Crippen LogP contribution in [0.2, 0.25) is 0 Å². The molecule has 0 saturated carbocycles. The van der Waals surface area contributed by atoms with Crippen LogP contribution in [0.25, 0.3) is 0 Å². The molecule has 0 fully saturated rings. The second-order valence-corrected chi connectivity index (χ2v) is 3.36. The van der Waals surface area contributed by atoms with E-state index in [1.165, 1.54) is 0 Å². The molecule has 0 aliphatic rings. The molecule has 0 atom stereocenters. The normalized spacial score (nSPS) is 8.64. The van der Waals surface area contributed by atoms with Crippen LogP contribution in [0.1, 0.15) is 0 Å². The van der Waals surface area contributed by atoms with Crippen molar-refractivity contribution in [3.8, 4) is 5.75 Å². The summed E-state index contributed by atoms with van der Waals surface area (Å²) in [5.74, 6) is 0.830. The second kappa shape index (κ2) is 8.09. The number of benzene rings is 1. The van der Waals surface area contributed by atoms with Gasteiger partial charge in [0.1, 0.15) is 19.0 Å². The first-order chi connectivity index (χ1) is 6.29. The summed E-state index contributed by atoms with van der Waals surface area (Å²) in [6.45, 7) is 0.905. The van der Waals surface area contributed by atoms with Crippen LogP contribution < -0.4 is 4.74 Å². The first-order valence-corrected chi connectivity index (χ1v) is 4.68. The molecule has 1 aromatic rings. The maximum atomic E-state index is 5.34. The van der Waals surface area contributed by atoms with E-state index in [2.05, 4.69) is 24.8 Å². The van der Waals surface area contributed by atoms with Crippen LogP contribution in [-0.2, 0) is 21.2 Å². The predicted octanol–water partition coefficient (Wildman–Crippen LogP) is 2.29. The Balaban J connectivity index is 0.00000169. The zero-order chi connectivity index (χ0) is 9.52. The summed E-state index contributed by atoms with van der Waals surface area (Å²) in [5.41, 5.74) is 0. The summed E-state index contributed by atoms with van der Waals surface area (Å²) in [4.78, 5) is 0. The van der Waals surface area contributed by atoms with Crippen LogP contribution >= 0.6 is 24.8 Å². The molecular formula is C9H10NiO2S2. The standard InChI is InChI=1S/C9H10O2S2.Ni/c12-9(13)11-7-6-10-8-4-2-1-3-5-8;/h1-5H,6-7H2,(H,12,13);. The first-order valence-electron chi connectivity index (χ1n) is 3.82. The van der Waals surface area contributed by atoms with Crippen molar-refractivity contribution in [1.29, 1.82) is 0 Å². The smallest absolute Gasteiger partial charge is 0.216 e. The summed E-state index contributed by atoms with van der Waals surface area (Å²) in [6.07, 6.45) is 0. The fourth-order valence-electron chi connectivity index (χ4n) is 0.805. The maximum absolute atomic E-state index is 5.34. The van der Waals surface area contributed by atoms with Crippen molar-refractivity contribution in [2.24, 2.45) is 0 Å². The van der Waals surface area contributed by atoms with E-state index in [1.54, 1.807) is 0 Å². The number of thiocarbonyl (C=S) groups is 1. The van der Waals surface area contributed by atoms with Crippen LogP contribution in [0, 0.1) is 0 Å². The summed E-state index contributed by atoms with van der Waals surface area (Å²) in [6, 6.07) is 9.54. The minimum absolute atomic E-state index is 0. The van der Waals surface area contributed by atoms with Crippen LogP contribution in [0.5, 0.6) is 5.75 Å². The Labute approximate surface area is 104 Å². The monoisotopic (exact) mass is 272 g/mol. The molecule has 0 aliphatic carbocycles. The van der Waals surface area contributed by atoms with Gasteiger partial charge in [0, 0.05) is 16.5 Å². The third-order valence-electron chi connectivity index (χ3n) is 1.32. The van der Waals surface area contributed by atoms with Gasteiger partial charge >= 0.3 is 0 Å². The third-order valence-corrected chi connectivity index (χ3v) is 1.57. The summed E-state index contributed by atoms with van der Waals surface area (Å²) >= 11 is 8.42. The average molecular weight is 273 g/mol. The molecular weight excluding hydrogens is 263 g/mol. The van der Waals surface area contributed by atoms with Gasteiger partial charge in [0.05, 0.1) is 0 Å². The largest absolute Gasteiger partial charge is 0.490 e. The molecule has 0 spiro atoms. The van der Waals surface area contributed by atoms with Crippen LogP contribution in [-0.4, -0.2) is 17.6 Å². The van der Waals surface area contributed by atoms with E-state index in [9.17, 15) is 0 Å². The summed E-state index contributed by atoms with van der Waals surface area (Å²) < 4.78 is 10.5. The Bertz CT molecular complexity index is 267. The molecule has 0 amide bonds. The SMILES string of the molecule is S=C(S)OCCOc1ccccc1.[Ni]. The Morgan fingerprint density at radius 2 is 1.86 bits per heavy atom. The average Bonchev–Trinajstić information content (AvgIpc) is 2.14. The summed E-state index contributed by atoms with van der Waals surface area (Å²) in [7, 11) is 0. The number of hydrogen-bond donors (Lipinski definition) is 1. The number of ether oxygens (including phenoxy) is 2. The molecule has 0 aliphatic heterocycles. The predicted molar refractivity (Wildman–Crippen MR) is 59.5 cm³/mol. The molecule has 0 N–H and O–H groups in total. The van der Waals surface area contributed by atoms with E-state index >= 15 is 0 Å². The van der Waals surface area contributed by atoms with Gasteiger partial charge in [-0.15, -0.1) is 0 Å². The maximum Gasteiger partial charge on any atom is 0.216 e. The molecule has 0 heterocycles. The molecule has 5 heteroatoms. The van der Waals surface area contributed by atoms with E-state index in [1.807, 2.05) is 30.3 Å². The van der Waals surface area contributed by atoms with Gasteiger partial charge in [-0.1, -0.05) is 30.8 Å². The Morgan fingerprint density at radius 3 is 2.43 bits per heavy atom. The molecule has 14 heavy (non-hydrogen) atoms. The fraction of sp³-hybridized carbons (Fsp3) is 0.222. The summed E-state index contributed by atoms with van der Waals surface area (Å²) in [5, 5.41) is 0. The van der Waals surface area contributed by atoms with Crippen molar-refractivity contribution < 1.29 is 26.0 Å². The van der Waals surface area contributed by atoms with Gasteiger partial charge in [-0.25, -0.2) is 0 Å². The number of rotatable bonds is 4. The molecule has 0 unspecified atom stereocenters. The number of thiol groups is 1. The van der Waals surface area contributed by atoms with E-state index in [0.29, 0.717) is 13.2 Å². The molecule has 0 bridgehead atoms. The second-order valence-electron chi connectivity index (χ2n) is 2.28. The molecule has 80 valence electrons. The van der Waals surface area contributed by atoms with Crippen molar-refractivity contribution in [2.75, 3.05) is 13.2 Å². The number of para-hydroxylation sites is 1. The topological polar surface area (TPSA) is 18.5 Å². The Morgan fingerprint density at radius 1 is 1.21 bits per heavy atom. The third kappa shape index (κ3) is 6.24. The number of hydrogen-bond acceptors (Lipinski definition) is 3. The van der Waals surface area contributed by atoms with Gasteiger partial charge in [0.25, 0.3) is 0 Å². The minimum atomic E-state index is 0. The van der Waals surface area contributed by atoms with Crippen LogP contribution in [0.4, 0.5) is 0 Å². The molecule has 1 rings (SSSR count). The molecule has 2 nitrogen and oxygen atoms in total. The van der Waals surface area contributed by atoms with Gasteiger partial charge in [-0.3, -0.25) is 0 Å². The van der Waals surface area contributed by atoms with Crippen molar-refractivity contribution in [1.82, 2.24) is 0 Å². The minimum Gasteiger partial charge on any atom is -0.490 e. The van der Waals surface area contributed by atoms with Crippen molar-refractivity contribution in [2.45, 2.75) is 0 Å². The van der Waals surface area contributed by atoms with Gasteiger partial charge < -0.3 is 9.47 Å². The van der Waals surface area contributed by atoms with E-state index < -0.39 is 0 Å².